The Bertz CT molecular complexity index is 1090. The molecule has 0 bridgehead atoms. The summed E-state index contributed by atoms with van der Waals surface area (Å²) in [6.45, 7) is 3.57. The molecule has 1 unspecified atom stereocenters. The topological polar surface area (TPSA) is 53.2 Å². The number of aryl methyl sites for hydroxylation is 1. The molecule has 3 aromatic carbocycles. The first-order valence-corrected chi connectivity index (χ1v) is 13.1. The van der Waals surface area contributed by atoms with Crippen LogP contribution >= 0.6 is 23.2 Å². The van der Waals surface area contributed by atoms with E-state index < -0.39 is 0 Å². The van der Waals surface area contributed by atoms with Crippen LogP contribution in [0.1, 0.15) is 49.1 Å². The van der Waals surface area contributed by atoms with Gasteiger partial charge >= 0.3 is 6.03 Å². The molecule has 1 saturated carbocycles. The van der Waals surface area contributed by atoms with Gasteiger partial charge in [0.05, 0.1) is 0 Å². The molecular formula is C29H33Cl2N3O. The monoisotopic (exact) mass is 509 g/mol. The highest BCUT2D eigenvalue weighted by molar-refractivity contribution is 6.35. The van der Waals surface area contributed by atoms with E-state index in [0.717, 1.165) is 13.0 Å². The van der Waals surface area contributed by atoms with Crippen LogP contribution in [0.15, 0.2) is 66.7 Å². The zero-order valence-corrected chi connectivity index (χ0v) is 21.6. The summed E-state index contributed by atoms with van der Waals surface area (Å²) in [5, 5.41) is 10.5. The van der Waals surface area contributed by atoms with Gasteiger partial charge in [-0.2, -0.15) is 0 Å². The lowest BCUT2D eigenvalue weighted by molar-refractivity contribution is 0.251. The Labute approximate surface area is 218 Å². The average molecular weight is 511 g/mol. The summed E-state index contributed by atoms with van der Waals surface area (Å²) >= 11 is 12.1. The molecule has 1 fully saturated rings. The van der Waals surface area contributed by atoms with Gasteiger partial charge in [0.15, 0.2) is 0 Å². The minimum atomic E-state index is -0.270. The lowest BCUT2D eigenvalue weighted by atomic mass is 9.93. The molecule has 0 aromatic heterocycles. The summed E-state index contributed by atoms with van der Waals surface area (Å²) in [4.78, 5) is 12.6. The normalized spacial score (nSPS) is 14.6. The molecule has 3 aromatic rings. The van der Waals surface area contributed by atoms with Crippen molar-refractivity contribution in [2.45, 2.75) is 51.0 Å². The molecular weight excluding hydrogens is 477 g/mol. The number of nitrogens with one attached hydrogen (secondary N) is 3. The fourth-order valence-electron chi connectivity index (χ4n) is 4.69. The SMILES string of the molecule is Cc1ccc(-c2ccc(C(CCNC3CCCC3)CNC(=O)Nc3cc(Cl)cc(Cl)c3)cc2)cc1. The zero-order valence-electron chi connectivity index (χ0n) is 20.1. The fourth-order valence-corrected chi connectivity index (χ4v) is 5.22. The zero-order chi connectivity index (χ0) is 24.6. The average Bonchev–Trinajstić information content (AvgIpc) is 3.35. The van der Waals surface area contributed by atoms with E-state index in [2.05, 4.69) is 71.4 Å². The Hall–Kier alpha value is -2.53. The number of carbonyl (C=O) groups excluding carboxylic acids is 1. The maximum Gasteiger partial charge on any atom is 0.319 e. The molecule has 3 N–H and O–H groups in total. The van der Waals surface area contributed by atoms with Gasteiger partial charge in [-0.25, -0.2) is 4.79 Å². The lowest BCUT2D eigenvalue weighted by Gasteiger charge is -2.21. The molecule has 1 aliphatic carbocycles. The summed E-state index contributed by atoms with van der Waals surface area (Å²) in [6, 6.07) is 22.7. The van der Waals surface area contributed by atoms with Crippen molar-refractivity contribution in [1.29, 1.82) is 0 Å². The van der Waals surface area contributed by atoms with E-state index in [4.69, 9.17) is 23.2 Å². The van der Waals surface area contributed by atoms with Crippen LogP contribution in [0.25, 0.3) is 11.1 Å². The molecule has 0 saturated heterocycles. The number of hydrogen-bond donors (Lipinski definition) is 3. The van der Waals surface area contributed by atoms with Crippen molar-refractivity contribution in [2.24, 2.45) is 0 Å². The second kappa shape index (κ2) is 12.4. The van der Waals surface area contributed by atoms with Crippen molar-refractivity contribution >= 4 is 34.9 Å². The van der Waals surface area contributed by atoms with Crippen LogP contribution in [0.4, 0.5) is 10.5 Å². The first-order valence-electron chi connectivity index (χ1n) is 12.4. The lowest BCUT2D eigenvalue weighted by Crippen LogP contribution is -2.34. The molecule has 1 aliphatic rings. The van der Waals surface area contributed by atoms with E-state index in [-0.39, 0.29) is 11.9 Å². The van der Waals surface area contributed by atoms with Gasteiger partial charge in [0, 0.05) is 34.2 Å². The second-order valence-electron chi connectivity index (χ2n) is 9.40. The van der Waals surface area contributed by atoms with E-state index in [0.29, 0.717) is 28.3 Å². The van der Waals surface area contributed by atoms with Gasteiger partial charge in [-0.3, -0.25) is 0 Å². The molecule has 0 aliphatic heterocycles. The maximum absolute atomic E-state index is 12.6. The van der Waals surface area contributed by atoms with E-state index in [1.165, 1.54) is 47.9 Å². The minimum absolute atomic E-state index is 0.199. The van der Waals surface area contributed by atoms with Crippen LogP contribution in [0.3, 0.4) is 0 Å². The van der Waals surface area contributed by atoms with Gasteiger partial charge in [-0.05, 0) is 67.6 Å². The molecule has 0 radical (unpaired) electrons. The number of amides is 2. The standard InChI is InChI=1S/C29H33Cl2N3O/c1-20-6-8-21(9-7-20)22-10-12-23(13-11-22)24(14-15-32-27-4-2-3-5-27)19-33-29(35)34-28-17-25(30)16-26(31)18-28/h6-13,16-18,24,27,32H,2-5,14-15,19H2,1H3,(H2,33,34,35). The Morgan fingerprint density at radius 3 is 2.14 bits per heavy atom. The third-order valence-electron chi connectivity index (χ3n) is 6.68. The number of hydrogen-bond acceptors (Lipinski definition) is 2. The molecule has 0 spiro atoms. The molecule has 35 heavy (non-hydrogen) atoms. The third kappa shape index (κ3) is 7.73. The van der Waals surface area contributed by atoms with Crippen molar-refractivity contribution in [2.75, 3.05) is 18.4 Å². The van der Waals surface area contributed by atoms with Gasteiger partial charge in [0.1, 0.15) is 0 Å². The number of carbonyl (C=O) groups is 1. The van der Waals surface area contributed by atoms with Gasteiger partial charge in [-0.1, -0.05) is 90.1 Å². The van der Waals surface area contributed by atoms with Crippen LogP contribution in [0.5, 0.6) is 0 Å². The van der Waals surface area contributed by atoms with Gasteiger partial charge < -0.3 is 16.0 Å². The van der Waals surface area contributed by atoms with Crippen LogP contribution in [0, 0.1) is 6.92 Å². The largest absolute Gasteiger partial charge is 0.337 e. The summed E-state index contributed by atoms with van der Waals surface area (Å²) in [5.41, 5.74) is 5.45. The van der Waals surface area contributed by atoms with E-state index in [1.807, 2.05) is 0 Å². The van der Waals surface area contributed by atoms with Crippen LogP contribution in [-0.2, 0) is 0 Å². The summed E-state index contributed by atoms with van der Waals surface area (Å²) in [7, 11) is 0. The summed E-state index contributed by atoms with van der Waals surface area (Å²) < 4.78 is 0. The van der Waals surface area contributed by atoms with Crippen molar-refractivity contribution in [3.63, 3.8) is 0 Å². The second-order valence-corrected chi connectivity index (χ2v) is 10.3. The predicted octanol–water partition coefficient (Wildman–Crippen LogP) is 7.80. The Morgan fingerprint density at radius 1 is 0.914 bits per heavy atom. The Balaban J connectivity index is 1.40. The smallest absolute Gasteiger partial charge is 0.319 e. The summed E-state index contributed by atoms with van der Waals surface area (Å²) in [6.07, 6.45) is 6.11. The first-order chi connectivity index (χ1) is 17.0. The molecule has 6 heteroatoms. The van der Waals surface area contributed by atoms with Crippen LogP contribution in [0.2, 0.25) is 10.0 Å². The van der Waals surface area contributed by atoms with Gasteiger partial charge in [-0.15, -0.1) is 0 Å². The number of halogens is 2. The maximum atomic E-state index is 12.6. The molecule has 4 nitrogen and oxygen atoms in total. The van der Waals surface area contributed by atoms with Crippen LogP contribution in [-0.4, -0.2) is 25.2 Å². The highest BCUT2D eigenvalue weighted by Gasteiger charge is 2.17. The highest BCUT2D eigenvalue weighted by Crippen LogP contribution is 2.26. The highest BCUT2D eigenvalue weighted by atomic mass is 35.5. The van der Waals surface area contributed by atoms with Gasteiger partial charge in [0.2, 0.25) is 0 Å². The number of benzene rings is 3. The Morgan fingerprint density at radius 2 is 1.51 bits per heavy atom. The van der Waals surface area contributed by atoms with E-state index in [1.54, 1.807) is 18.2 Å². The van der Waals surface area contributed by atoms with Crippen molar-refractivity contribution in [1.82, 2.24) is 10.6 Å². The summed E-state index contributed by atoms with van der Waals surface area (Å²) in [5.74, 6) is 0.199. The number of anilines is 1. The molecule has 4 rings (SSSR count). The van der Waals surface area contributed by atoms with E-state index >= 15 is 0 Å². The third-order valence-corrected chi connectivity index (χ3v) is 7.11. The number of rotatable bonds is 9. The van der Waals surface area contributed by atoms with Crippen molar-refractivity contribution < 1.29 is 4.79 Å². The van der Waals surface area contributed by atoms with Crippen molar-refractivity contribution in [3.8, 4) is 11.1 Å². The van der Waals surface area contributed by atoms with Crippen LogP contribution < -0.4 is 16.0 Å². The van der Waals surface area contributed by atoms with Gasteiger partial charge in [0.25, 0.3) is 0 Å². The number of urea groups is 1. The molecule has 2 amide bonds. The minimum Gasteiger partial charge on any atom is -0.337 e. The Kier molecular flexibility index (Phi) is 9.08. The van der Waals surface area contributed by atoms with Crippen molar-refractivity contribution in [3.05, 3.63) is 87.9 Å². The first kappa shape index (κ1) is 25.6. The van der Waals surface area contributed by atoms with E-state index in [9.17, 15) is 4.79 Å². The quantitative estimate of drug-likeness (QED) is 0.275. The predicted molar refractivity (Wildman–Crippen MR) is 148 cm³/mol. The fraction of sp³-hybridized carbons (Fsp3) is 0.345. The molecule has 1 atom stereocenters. The molecule has 0 heterocycles. The molecule has 184 valence electrons.